The van der Waals surface area contributed by atoms with Crippen LogP contribution < -0.4 is 10.6 Å². The number of nitro groups is 1. The van der Waals surface area contributed by atoms with Crippen LogP contribution in [0.15, 0.2) is 18.2 Å². The van der Waals surface area contributed by atoms with Crippen molar-refractivity contribution in [2.75, 3.05) is 10.6 Å². The van der Waals surface area contributed by atoms with E-state index in [0.717, 1.165) is 49.0 Å². The maximum atomic E-state index is 12.7. The number of benzene rings is 1. The molecule has 2 N–H and O–H groups in total. The molecule has 0 saturated heterocycles. The van der Waals surface area contributed by atoms with E-state index in [4.69, 9.17) is 0 Å². The number of carbonyl (C=O) groups excluding carboxylic acids is 1. The van der Waals surface area contributed by atoms with Crippen LogP contribution >= 0.6 is 11.3 Å². The third-order valence-electron chi connectivity index (χ3n) is 4.90. The second-order valence-corrected chi connectivity index (χ2v) is 7.99. The molecule has 138 valence electrons. The number of rotatable bonds is 5. The largest absolute Gasteiger partial charge is 0.377 e. The van der Waals surface area contributed by atoms with Crippen LogP contribution in [0.25, 0.3) is 0 Å². The predicted molar refractivity (Wildman–Crippen MR) is 103 cm³/mol. The smallest absolute Gasteiger partial charge is 0.293 e. The van der Waals surface area contributed by atoms with Crippen LogP contribution in [-0.4, -0.2) is 16.9 Å². The van der Waals surface area contributed by atoms with Crippen LogP contribution in [0.1, 0.15) is 52.0 Å². The Balaban J connectivity index is 1.60. The SMILES string of the molecule is N#Cc1c(NC(=O)c2ccc(NC3CC3)c([N+](=O)[O-])c2)sc2c1CCCC2. The molecule has 4 rings (SSSR count). The number of nitrogens with zero attached hydrogens (tertiary/aromatic N) is 2. The number of nitrogens with one attached hydrogen (secondary N) is 2. The molecule has 8 heteroatoms. The Hall–Kier alpha value is -2.92. The molecule has 0 bridgehead atoms. The third-order valence-corrected chi connectivity index (χ3v) is 6.11. The molecule has 2 aliphatic rings. The van der Waals surface area contributed by atoms with E-state index in [1.54, 1.807) is 12.1 Å². The summed E-state index contributed by atoms with van der Waals surface area (Å²) >= 11 is 1.44. The number of anilines is 2. The third kappa shape index (κ3) is 3.51. The van der Waals surface area contributed by atoms with E-state index in [9.17, 15) is 20.2 Å². The van der Waals surface area contributed by atoms with Crippen molar-refractivity contribution >= 4 is 33.6 Å². The number of nitriles is 1. The summed E-state index contributed by atoms with van der Waals surface area (Å²) in [6, 6.07) is 6.93. The molecule has 0 unspecified atom stereocenters. The molecule has 1 amide bonds. The van der Waals surface area contributed by atoms with Gasteiger partial charge in [-0.1, -0.05) is 0 Å². The molecule has 2 aliphatic carbocycles. The van der Waals surface area contributed by atoms with Crippen molar-refractivity contribution in [2.24, 2.45) is 0 Å². The van der Waals surface area contributed by atoms with Crippen LogP contribution in [0.5, 0.6) is 0 Å². The summed E-state index contributed by atoms with van der Waals surface area (Å²) < 4.78 is 0. The maximum Gasteiger partial charge on any atom is 0.293 e. The summed E-state index contributed by atoms with van der Waals surface area (Å²) in [6.45, 7) is 0. The zero-order valence-corrected chi connectivity index (χ0v) is 15.4. The Morgan fingerprint density at radius 3 is 2.78 bits per heavy atom. The first-order chi connectivity index (χ1) is 13.1. The normalized spacial score (nSPS) is 15.5. The van der Waals surface area contributed by atoms with E-state index < -0.39 is 10.8 Å². The second kappa shape index (κ2) is 7.00. The zero-order valence-electron chi connectivity index (χ0n) is 14.6. The molecular formula is C19H18N4O3S. The highest BCUT2D eigenvalue weighted by Gasteiger charge is 2.26. The highest BCUT2D eigenvalue weighted by molar-refractivity contribution is 7.16. The van der Waals surface area contributed by atoms with Crippen LogP contribution in [0.2, 0.25) is 0 Å². The van der Waals surface area contributed by atoms with Crippen molar-refractivity contribution in [1.29, 1.82) is 5.26 Å². The minimum atomic E-state index is -0.480. The molecule has 27 heavy (non-hydrogen) atoms. The number of amides is 1. The Morgan fingerprint density at radius 1 is 1.30 bits per heavy atom. The second-order valence-electron chi connectivity index (χ2n) is 6.89. The number of nitro benzene ring substituents is 1. The van der Waals surface area contributed by atoms with Gasteiger partial charge in [0.1, 0.15) is 16.8 Å². The van der Waals surface area contributed by atoms with E-state index in [1.165, 1.54) is 17.4 Å². The molecular weight excluding hydrogens is 364 g/mol. The summed E-state index contributed by atoms with van der Waals surface area (Å²) in [4.78, 5) is 24.7. The molecule has 7 nitrogen and oxygen atoms in total. The fraction of sp³-hybridized carbons (Fsp3) is 0.368. The molecule has 1 saturated carbocycles. The maximum absolute atomic E-state index is 12.7. The molecule has 1 heterocycles. The van der Waals surface area contributed by atoms with Crippen LogP contribution in [-0.2, 0) is 12.8 Å². The van der Waals surface area contributed by atoms with Crippen LogP contribution in [0.4, 0.5) is 16.4 Å². The number of thiophene rings is 1. The molecule has 0 radical (unpaired) electrons. The monoisotopic (exact) mass is 382 g/mol. The average Bonchev–Trinajstić information content (AvgIpc) is 3.40. The number of fused-ring (bicyclic) bond motifs is 1. The topological polar surface area (TPSA) is 108 Å². The highest BCUT2D eigenvalue weighted by atomic mass is 32.1. The van der Waals surface area contributed by atoms with E-state index in [-0.39, 0.29) is 17.3 Å². The lowest BCUT2D eigenvalue weighted by Gasteiger charge is -2.09. The first-order valence-corrected chi connectivity index (χ1v) is 9.79. The number of hydrogen-bond acceptors (Lipinski definition) is 6. The number of carbonyl (C=O) groups is 1. The van der Waals surface area contributed by atoms with E-state index >= 15 is 0 Å². The van der Waals surface area contributed by atoms with Crippen molar-refractivity contribution < 1.29 is 9.72 Å². The summed E-state index contributed by atoms with van der Waals surface area (Å²) in [7, 11) is 0. The molecule has 0 aliphatic heterocycles. The molecule has 1 aromatic heterocycles. The van der Waals surface area contributed by atoms with Crippen LogP contribution in [0.3, 0.4) is 0 Å². The Bertz CT molecular complexity index is 972. The lowest BCUT2D eigenvalue weighted by Crippen LogP contribution is -2.13. The molecule has 1 fully saturated rings. The van der Waals surface area contributed by atoms with Crippen molar-refractivity contribution in [1.82, 2.24) is 0 Å². The van der Waals surface area contributed by atoms with Gasteiger partial charge >= 0.3 is 0 Å². The first-order valence-electron chi connectivity index (χ1n) is 8.98. The summed E-state index contributed by atoms with van der Waals surface area (Å²) in [5.41, 5.74) is 2.10. The fourth-order valence-corrected chi connectivity index (χ4v) is 4.58. The highest BCUT2D eigenvalue weighted by Crippen LogP contribution is 2.38. The van der Waals surface area contributed by atoms with Crippen molar-refractivity contribution in [2.45, 2.75) is 44.6 Å². The van der Waals surface area contributed by atoms with Gasteiger partial charge in [-0.2, -0.15) is 5.26 Å². The summed E-state index contributed by atoms with van der Waals surface area (Å²) in [6.07, 6.45) is 5.93. The van der Waals surface area contributed by atoms with Gasteiger partial charge < -0.3 is 10.6 Å². The molecule has 0 spiro atoms. The molecule has 2 aromatic rings. The zero-order chi connectivity index (χ0) is 19.0. The number of aryl methyl sites for hydroxylation is 1. The van der Waals surface area contributed by atoms with Gasteiger partial charge in [-0.15, -0.1) is 11.3 Å². The minimum Gasteiger partial charge on any atom is -0.377 e. The van der Waals surface area contributed by atoms with Gasteiger partial charge in [0.15, 0.2) is 0 Å². The first kappa shape index (κ1) is 17.5. The van der Waals surface area contributed by atoms with Gasteiger partial charge in [-0.05, 0) is 56.2 Å². The van der Waals surface area contributed by atoms with Gasteiger partial charge in [0.05, 0.1) is 10.5 Å². The Labute approximate surface area is 160 Å². The summed E-state index contributed by atoms with van der Waals surface area (Å²) in [5.74, 6) is -0.439. The minimum absolute atomic E-state index is 0.111. The van der Waals surface area contributed by atoms with Gasteiger partial charge in [0.2, 0.25) is 0 Å². The van der Waals surface area contributed by atoms with E-state index in [2.05, 4.69) is 16.7 Å². The van der Waals surface area contributed by atoms with E-state index in [0.29, 0.717) is 16.3 Å². The lowest BCUT2D eigenvalue weighted by molar-refractivity contribution is -0.384. The van der Waals surface area contributed by atoms with Gasteiger partial charge in [0.25, 0.3) is 11.6 Å². The standard InChI is InChI=1S/C19H18N4O3S/c20-10-14-13-3-1-2-4-17(13)27-19(14)22-18(24)11-5-8-15(21-12-6-7-12)16(9-11)23(25)26/h5,8-9,12,21H,1-4,6-7H2,(H,22,24). The molecule has 1 aromatic carbocycles. The van der Waals surface area contributed by atoms with Gasteiger partial charge in [-0.3, -0.25) is 14.9 Å². The average molecular weight is 382 g/mol. The Kier molecular flexibility index (Phi) is 4.54. The van der Waals surface area contributed by atoms with Crippen LogP contribution in [0, 0.1) is 21.4 Å². The van der Waals surface area contributed by atoms with Gasteiger partial charge in [-0.25, -0.2) is 0 Å². The fourth-order valence-electron chi connectivity index (χ4n) is 3.34. The van der Waals surface area contributed by atoms with Gasteiger partial charge in [0, 0.05) is 22.5 Å². The van der Waals surface area contributed by atoms with Crippen molar-refractivity contribution in [3.8, 4) is 6.07 Å². The van der Waals surface area contributed by atoms with Crippen molar-refractivity contribution in [3.63, 3.8) is 0 Å². The summed E-state index contributed by atoms with van der Waals surface area (Å²) in [5, 5.41) is 27.3. The predicted octanol–water partition coefficient (Wildman–Crippen LogP) is 4.23. The Morgan fingerprint density at radius 2 is 2.07 bits per heavy atom. The number of hydrogen-bond donors (Lipinski definition) is 2. The quantitative estimate of drug-likeness (QED) is 0.594. The van der Waals surface area contributed by atoms with Crippen molar-refractivity contribution in [3.05, 3.63) is 49.9 Å². The lowest BCUT2D eigenvalue weighted by atomic mass is 9.96. The van der Waals surface area contributed by atoms with E-state index in [1.807, 2.05) is 0 Å². The molecule has 0 atom stereocenters.